The van der Waals surface area contributed by atoms with Gasteiger partial charge in [0.1, 0.15) is 0 Å². The van der Waals surface area contributed by atoms with Gasteiger partial charge >= 0.3 is 6.18 Å². The third-order valence-corrected chi connectivity index (χ3v) is 3.78. The molecule has 0 fully saturated rings. The van der Waals surface area contributed by atoms with E-state index in [0.717, 1.165) is 18.6 Å². The van der Waals surface area contributed by atoms with Crippen LogP contribution in [0.15, 0.2) is 47.7 Å². The normalized spacial score (nSPS) is 18.2. The minimum atomic E-state index is -4.39. The van der Waals surface area contributed by atoms with Crippen molar-refractivity contribution in [2.75, 3.05) is 0 Å². The molecule has 1 aromatic carbocycles. The molecule has 0 atom stereocenters. The van der Waals surface area contributed by atoms with Crippen molar-refractivity contribution in [3.63, 3.8) is 0 Å². The predicted molar refractivity (Wildman–Crippen MR) is 72.4 cm³/mol. The van der Waals surface area contributed by atoms with Crippen molar-refractivity contribution < 1.29 is 22.8 Å². The monoisotopic (exact) mass is 307 g/mol. The lowest BCUT2D eigenvalue weighted by atomic mass is 10.0. The van der Waals surface area contributed by atoms with Crippen LogP contribution in [0.25, 0.3) is 0 Å². The second-order valence-electron chi connectivity index (χ2n) is 5.22. The summed E-state index contributed by atoms with van der Waals surface area (Å²) in [4.78, 5) is 25.3. The van der Waals surface area contributed by atoms with Crippen LogP contribution in [-0.4, -0.2) is 16.6 Å². The van der Waals surface area contributed by atoms with Gasteiger partial charge in [0.05, 0.1) is 12.1 Å². The first-order valence-electron chi connectivity index (χ1n) is 6.80. The molecule has 0 aromatic heterocycles. The Morgan fingerprint density at radius 2 is 1.77 bits per heavy atom. The lowest BCUT2D eigenvalue weighted by molar-refractivity contribution is -0.139. The van der Waals surface area contributed by atoms with E-state index in [9.17, 15) is 22.8 Å². The van der Waals surface area contributed by atoms with Gasteiger partial charge in [-0.2, -0.15) is 13.2 Å². The molecule has 3 rings (SSSR count). The molecule has 2 aliphatic rings. The Morgan fingerprint density at radius 1 is 1.09 bits per heavy atom. The van der Waals surface area contributed by atoms with Crippen LogP contribution in [0.5, 0.6) is 0 Å². The third kappa shape index (κ3) is 2.45. The molecule has 6 heteroatoms. The molecule has 0 spiro atoms. The summed E-state index contributed by atoms with van der Waals surface area (Å²) in [5, 5.41) is 0. The Morgan fingerprint density at radius 3 is 2.41 bits per heavy atom. The van der Waals surface area contributed by atoms with Crippen LogP contribution in [0, 0.1) is 0 Å². The standard InChI is InChI=1S/C16H12F3NO2/c17-16(18,19)11-7-5-10(6-8-11)9-20-13-4-2-1-3-12(13)14(21)15(20)22/h1,3,5-8H,2,4,9H2. The van der Waals surface area contributed by atoms with E-state index in [2.05, 4.69) is 0 Å². The number of benzene rings is 1. The quantitative estimate of drug-likeness (QED) is 0.787. The number of carbonyl (C=O) groups excluding carboxylic acids is 2. The highest BCUT2D eigenvalue weighted by Crippen LogP contribution is 2.32. The molecule has 1 amide bonds. The number of carbonyl (C=O) groups is 2. The molecular formula is C16H12F3NO2. The molecular weight excluding hydrogens is 295 g/mol. The number of rotatable bonds is 2. The number of halogens is 3. The summed E-state index contributed by atoms with van der Waals surface area (Å²) < 4.78 is 37.6. The van der Waals surface area contributed by atoms with Crippen molar-refractivity contribution in [2.45, 2.75) is 25.6 Å². The van der Waals surface area contributed by atoms with Gasteiger partial charge in [-0.1, -0.05) is 24.3 Å². The largest absolute Gasteiger partial charge is 0.416 e. The van der Waals surface area contributed by atoms with E-state index in [4.69, 9.17) is 0 Å². The van der Waals surface area contributed by atoms with Crippen molar-refractivity contribution in [2.24, 2.45) is 0 Å². The first kappa shape index (κ1) is 14.6. The van der Waals surface area contributed by atoms with Crippen molar-refractivity contribution in [1.29, 1.82) is 0 Å². The maximum absolute atomic E-state index is 12.5. The number of hydrogen-bond donors (Lipinski definition) is 0. The van der Waals surface area contributed by atoms with Gasteiger partial charge in [-0.25, -0.2) is 0 Å². The average molecular weight is 307 g/mol. The van der Waals surface area contributed by atoms with E-state index >= 15 is 0 Å². The van der Waals surface area contributed by atoms with Crippen LogP contribution in [-0.2, 0) is 22.3 Å². The molecule has 1 aliphatic carbocycles. The maximum atomic E-state index is 12.5. The van der Waals surface area contributed by atoms with Crippen molar-refractivity contribution in [3.05, 3.63) is 58.8 Å². The summed E-state index contributed by atoms with van der Waals surface area (Å²) in [6.07, 6.45) is 0.423. The van der Waals surface area contributed by atoms with Crippen LogP contribution in [0.1, 0.15) is 24.0 Å². The van der Waals surface area contributed by atoms with Crippen LogP contribution in [0.4, 0.5) is 13.2 Å². The van der Waals surface area contributed by atoms with E-state index in [0.29, 0.717) is 23.3 Å². The van der Waals surface area contributed by atoms with Gasteiger partial charge in [0.25, 0.3) is 11.7 Å². The van der Waals surface area contributed by atoms with E-state index in [-0.39, 0.29) is 6.54 Å². The molecule has 22 heavy (non-hydrogen) atoms. The zero-order valence-electron chi connectivity index (χ0n) is 11.5. The lowest BCUT2D eigenvalue weighted by Crippen LogP contribution is -2.28. The topological polar surface area (TPSA) is 37.4 Å². The van der Waals surface area contributed by atoms with Gasteiger partial charge in [-0.05, 0) is 30.5 Å². The van der Waals surface area contributed by atoms with Gasteiger partial charge in [-0.3, -0.25) is 9.59 Å². The predicted octanol–water partition coefficient (Wildman–Crippen LogP) is 3.22. The highest BCUT2D eigenvalue weighted by molar-refractivity contribution is 6.46. The van der Waals surface area contributed by atoms with Gasteiger partial charge in [0, 0.05) is 11.3 Å². The zero-order chi connectivity index (χ0) is 15.9. The van der Waals surface area contributed by atoms with Gasteiger partial charge in [0.15, 0.2) is 0 Å². The van der Waals surface area contributed by atoms with Crippen molar-refractivity contribution >= 4 is 11.7 Å². The number of hydrogen-bond acceptors (Lipinski definition) is 2. The van der Waals surface area contributed by atoms with Gasteiger partial charge in [0.2, 0.25) is 0 Å². The molecule has 0 radical (unpaired) electrons. The number of ketones is 1. The zero-order valence-corrected chi connectivity index (χ0v) is 11.5. The molecule has 1 aromatic rings. The molecule has 3 nitrogen and oxygen atoms in total. The number of alkyl halides is 3. The minimum absolute atomic E-state index is 0.107. The number of Topliss-reactive ketones (excluding diaryl/α,β-unsaturated/α-hetero) is 1. The highest BCUT2D eigenvalue weighted by atomic mass is 19.4. The summed E-state index contributed by atoms with van der Waals surface area (Å²) >= 11 is 0. The van der Waals surface area contributed by atoms with Crippen LogP contribution in [0.3, 0.4) is 0 Å². The second-order valence-corrected chi connectivity index (χ2v) is 5.22. The summed E-state index contributed by atoms with van der Waals surface area (Å²) in [5.41, 5.74) is 0.888. The van der Waals surface area contributed by atoms with E-state index in [1.807, 2.05) is 6.08 Å². The first-order valence-corrected chi connectivity index (χ1v) is 6.80. The average Bonchev–Trinajstić information content (AvgIpc) is 2.73. The summed E-state index contributed by atoms with van der Waals surface area (Å²) in [6, 6.07) is 4.62. The summed E-state index contributed by atoms with van der Waals surface area (Å²) in [5.74, 6) is -1.16. The summed E-state index contributed by atoms with van der Waals surface area (Å²) in [6.45, 7) is 0.107. The van der Waals surface area contributed by atoms with Crippen molar-refractivity contribution in [3.8, 4) is 0 Å². The smallest absolute Gasteiger partial charge is 0.304 e. The number of nitrogens with zero attached hydrogens (tertiary/aromatic N) is 1. The maximum Gasteiger partial charge on any atom is 0.416 e. The molecule has 0 saturated heterocycles. The lowest BCUT2D eigenvalue weighted by Gasteiger charge is -2.21. The Bertz CT molecular complexity index is 699. The fourth-order valence-corrected chi connectivity index (χ4v) is 2.65. The summed E-state index contributed by atoms with van der Waals surface area (Å²) in [7, 11) is 0. The molecule has 0 bridgehead atoms. The second kappa shape index (κ2) is 5.12. The Balaban J connectivity index is 1.84. The third-order valence-electron chi connectivity index (χ3n) is 3.78. The van der Waals surface area contributed by atoms with E-state index < -0.39 is 23.4 Å². The van der Waals surface area contributed by atoms with Crippen LogP contribution >= 0.6 is 0 Å². The molecule has 0 saturated carbocycles. The Hall–Kier alpha value is -2.37. The number of allylic oxidation sites excluding steroid dienone is 3. The van der Waals surface area contributed by atoms with Gasteiger partial charge in [-0.15, -0.1) is 0 Å². The van der Waals surface area contributed by atoms with E-state index in [1.54, 1.807) is 6.08 Å². The highest BCUT2D eigenvalue weighted by Gasteiger charge is 2.37. The molecule has 0 unspecified atom stereocenters. The van der Waals surface area contributed by atoms with E-state index in [1.165, 1.54) is 17.0 Å². The van der Waals surface area contributed by atoms with Crippen molar-refractivity contribution in [1.82, 2.24) is 4.90 Å². The Kier molecular flexibility index (Phi) is 3.39. The number of amides is 1. The van der Waals surface area contributed by atoms with Crippen LogP contribution in [0.2, 0.25) is 0 Å². The van der Waals surface area contributed by atoms with Gasteiger partial charge < -0.3 is 4.90 Å². The molecule has 1 heterocycles. The molecule has 114 valence electrons. The molecule has 1 aliphatic heterocycles. The fourth-order valence-electron chi connectivity index (χ4n) is 2.65. The Labute approximate surface area is 124 Å². The fraction of sp³-hybridized carbons (Fsp3) is 0.250. The SMILES string of the molecule is O=C1C(=O)N(Cc2ccc(C(F)(F)F)cc2)C2=C1C=CCC2. The molecule has 0 N–H and O–H groups in total. The first-order chi connectivity index (χ1) is 10.4. The minimum Gasteiger partial charge on any atom is -0.304 e. The van der Waals surface area contributed by atoms with Crippen LogP contribution < -0.4 is 0 Å².